The van der Waals surface area contributed by atoms with Gasteiger partial charge in [0.15, 0.2) is 0 Å². The second-order valence-electron chi connectivity index (χ2n) is 11.6. The van der Waals surface area contributed by atoms with Gasteiger partial charge < -0.3 is 15.5 Å². The van der Waals surface area contributed by atoms with Crippen LogP contribution in [0, 0.1) is 5.92 Å². The molecule has 5 rings (SSSR count). The van der Waals surface area contributed by atoms with E-state index in [-0.39, 0.29) is 23.8 Å². The zero-order valence-corrected chi connectivity index (χ0v) is 24.6. The van der Waals surface area contributed by atoms with Gasteiger partial charge in [-0.2, -0.15) is 0 Å². The van der Waals surface area contributed by atoms with Gasteiger partial charge in [-0.05, 0) is 84.8 Å². The topological polar surface area (TPSA) is 61.4 Å². The van der Waals surface area contributed by atoms with E-state index in [0.717, 1.165) is 61.3 Å². The highest BCUT2D eigenvalue weighted by atomic mass is 16.2. The summed E-state index contributed by atoms with van der Waals surface area (Å²) in [4.78, 5) is 28.0. The van der Waals surface area contributed by atoms with E-state index in [1.807, 2.05) is 86.6 Å². The number of benzene rings is 4. The molecule has 0 spiro atoms. The normalized spacial score (nSPS) is 14.8. The minimum Gasteiger partial charge on any atom is -0.345 e. The molecule has 4 aromatic carbocycles. The van der Waals surface area contributed by atoms with Gasteiger partial charge in [-0.3, -0.25) is 9.59 Å². The number of nitrogens with one attached hydrogen (secondary N) is 2. The summed E-state index contributed by atoms with van der Waals surface area (Å²) in [6, 6.07) is 36.6. The highest BCUT2D eigenvalue weighted by molar-refractivity contribution is 5.95. The number of anilines is 1. The average Bonchev–Trinajstić information content (AvgIpc) is 3.04. The summed E-state index contributed by atoms with van der Waals surface area (Å²) < 4.78 is 0. The summed E-state index contributed by atoms with van der Waals surface area (Å²) in [5.74, 6) is 0.444. The van der Waals surface area contributed by atoms with E-state index in [1.165, 1.54) is 5.56 Å². The summed E-state index contributed by atoms with van der Waals surface area (Å²) in [7, 11) is 0. The summed E-state index contributed by atoms with van der Waals surface area (Å²) >= 11 is 0. The molecule has 2 N–H and O–H groups in total. The molecular weight excluding hydrogens is 518 g/mol. The first-order valence-corrected chi connectivity index (χ1v) is 15.1. The number of hydrogen-bond donors (Lipinski definition) is 2. The Morgan fingerprint density at radius 3 is 2.10 bits per heavy atom. The molecule has 5 heteroatoms. The molecule has 0 saturated carbocycles. The minimum absolute atomic E-state index is 0.0402. The highest BCUT2D eigenvalue weighted by Crippen LogP contribution is 2.30. The number of piperidine rings is 1. The maximum Gasteiger partial charge on any atom is 0.251 e. The van der Waals surface area contributed by atoms with Gasteiger partial charge in [-0.15, -0.1) is 0 Å². The molecule has 1 aliphatic heterocycles. The van der Waals surface area contributed by atoms with Gasteiger partial charge in [0, 0.05) is 23.7 Å². The highest BCUT2D eigenvalue weighted by Gasteiger charge is 2.23. The molecule has 5 nitrogen and oxygen atoms in total. The molecule has 42 heavy (non-hydrogen) atoms. The minimum atomic E-state index is -0.0635. The van der Waals surface area contributed by atoms with Gasteiger partial charge in [0.05, 0.1) is 6.04 Å². The van der Waals surface area contributed by atoms with Crippen LogP contribution in [0.4, 0.5) is 5.69 Å². The van der Waals surface area contributed by atoms with Crippen LogP contribution in [0.3, 0.4) is 0 Å². The van der Waals surface area contributed by atoms with E-state index < -0.39 is 0 Å². The Bertz CT molecular complexity index is 1440. The van der Waals surface area contributed by atoms with Gasteiger partial charge in [-0.25, -0.2) is 0 Å². The summed E-state index contributed by atoms with van der Waals surface area (Å²) in [6.07, 6.45) is 3.01. The lowest BCUT2D eigenvalue weighted by Crippen LogP contribution is -2.36. The fraction of sp³-hybridized carbons (Fsp3) is 0.297. The van der Waals surface area contributed by atoms with E-state index in [0.29, 0.717) is 11.5 Å². The molecule has 0 aromatic heterocycles. The molecule has 1 atom stereocenters. The summed E-state index contributed by atoms with van der Waals surface area (Å²) in [6.45, 7) is 6.77. The number of rotatable bonds is 10. The van der Waals surface area contributed by atoms with Crippen molar-refractivity contribution in [3.8, 4) is 11.1 Å². The van der Waals surface area contributed by atoms with Crippen molar-refractivity contribution in [2.45, 2.75) is 45.1 Å². The van der Waals surface area contributed by atoms with Crippen molar-refractivity contribution in [2.24, 2.45) is 5.92 Å². The molecule has 1 heterocycles. The standard InChI is InChI=1S/C37H41N3O2/c1-27(2)36(41)38-34-15-9-14-33(26-34)30-20-23-40(24-21-30)25-22-35(31-12-7-4-8-13-31)39-37(42)32-18-16-29(17-19-32)28-10-5-3-6-11-28/h3-19,26-27,30,35H,20-25H2,1-2H3,(H,38,41)(H,39,42). The third-order valence-corrected chi connectivity index (χ3v) is 8.23. The first-order chi connectivity index (χ1) is 20.5. The van der Waals surface area contributed by atoms with E-state index in [4.69, 9.17) is 0 Å². The maximum absolute atomic E-state index is 13.3. The van der Waals surface area contributed by atoms with E-state index >= 15 is 0 Å². The van der Waals surface area contributed by atoms with Crippen LogP contribution in [0.25, 0.3) is 11.1 Å². The first-order valence-electron chi connectivity index (χ1n) is 15.1. The predicted molar refractivity (Wildman–Crippen MR) is 171 cm³/mol. The second kappa shape index (κ2) is 14.1. The van der Waals surface area contributed by atoms with E-state index in [1.54, 1.807) is 0 Å². The lowest BCUT2D eigenvalue weighted by Gasteiger charge is -2.33. The van der Waals surface area contributed by atoms with Crippen LogP contribution in [0.5, 0.6) is 0 Å². The van der Waals surface area contributed by atoms with E-state index in [2.05, 4.69) is 51.9 Å². The van der Waals surface area contributed by atoms with Crippen molar-refractivity contribution in [2.75, 3.05) is 25.0 Å². The van der Waals surface area contributed by atoms with Crippen molar-refractivity contribution < 1.29 is 9.59 Å². The number of nitrogens with zero attached hydrogens (tertiary/aromatic N) is 1. The fourth-order valence-electron chi connectivity index (χ4n) is 5.65. The first kappa shape index (κ1) is 29.3. The van der Waals surface area contributed by atoms with Gasteiger partial charge >= 0.3 is 0 Å². The Hall–Kier alpha value is -4.22. The smallest absolute Gasteiger partial charge is 0.251 e. The number of carbonyl (C=O) groups is 2. The molecule has 0 radical (unpaired) electrons. The van der Waals surface area contributed by atoms with Crippen LogP contribution >= 0.6 is 0 Å². The van der Waals surface area contributed by atoms with Crippen molar-refractivity contribution in [1.82, 2.24) is 10.2 Å². The Balaban J connectivity index is 1.17. The molecule has 1 fully saturated rings. The Morgan fingerprint density at radius 1 is 0.786 bits per heavy atom. The molecule has 1 saturated heterocycles. The zero-order chi connectivity index (χ0) is 29.3. The largest absolute Gasteiger partial charge is 0.345 e. The Labute approximate surface area is 250 Å². The van der Waals surface area contributed by atoms with Gasteiger partial charge in [0.25, 0.3) is 5.91 Å². The maximum atomic E-state index is 13.3. The molecule has 2 amide bonds. The fourth-order valence-corrected chi connectivity index (χ4v) is 5.65. The monoisotopic (exact) mass is 559 g/mol. The van der Waals surface area contributed by atoms with Gasteiger partial charge in [-0.1, -0.05) is 98.8 Å². The molecule has 4 aromatic rings. The summed E-state index contributed by atoms with van der Waals surface area (Å²) in [5.41, 5.74) is 6.21. The van der Waals surface area contributed by atoms with Crippen LogP contribution < -0.4 is 10.6 Å². The Morgan fingerprint density at radius 2 is 1.43 bits per heavy atom. The Kier molecular flexibility index (Phi) is 9.83. The lowest BCUT2D eigenvalue weighted by molar-refractivity contribution is -0.118. The quantitative estimate of drug-likeness (QED) is 0.209. The van der Waals surface area contributed by atoms with Crippen LogP contribution in [0.15, 0.2) is 109 Å². The van der Waals surface area contributed by atoms with Crippen molar-refractivity contribution in [3.63, 3.8) is 0 Å². The average molecular weight is 560 g/mol. The lowest BCUT2D eigenvalue weighted by atomic mass is 9.89. The molecule has 0 bridgehead atoms. The van der Waals surface area contributed by atoms with Gasteiger partial charge in [0.1, 0.15) is 0 Å². The number of carbonyl (C=O) groups excluding carboxylic acids is 2. The van der Waals surface area contributed by atoms with Crippen LogP contribution in [-0.2, 0) is 4.79 Å². The number of likely N-dealkylation sites (tertiary alicyclic amines) is 1. The molecule has 216 valence electrons. The third kappa shape index (κ3) is 7.74. The molecule has 1 unspecified atom stereocenters. The van der Waals surface area contributed by atoms with Crippen LogP contribution in [0.1, 0.15) is 66.6 Å². The third-order valence-electron chi connectivity index (χ3n) is 8.23. The molecule has 0 aliphatic carbocycles. The van der Waals surface area contributed by atoms with Gasteiger partial charge in [0.2, 0.25) is 5.91 Å². The van der Waals surface area contributed by atoms with E-state index in [9.17, 15) is 9.59 Å². The van der Waals surface area contributed by atoms with Crippen molar-refractivity contribution in [1.29, 1.82) is 0 Å². The van der Waals surface area contributed by atoms with Crippen LogP contribution in [-0.4, -0.2) is 36.3 Å². The predicted octanol–water partition coefficient (Wildman–Crippen LogP) is 7.69. The van der Waals surface area contributed by atoms with Crippen LogP contribution in [0.2, 0.25) is 0 Å². The molecular formula is C37H41N3O2. The van der Waals surface area contributed by atoms with Crippen molar-refractivity contribution in [3.05, 3.63) is 126 Å². The molecule has 1 aliphatic rings. The number of amides is 2. The second-order valence-corrected chi connectivity index (χ2v) is 11.6. The van der Waals surface area contributed by atoms with Crippen molar-refractivity contribution >= 4 is 17.5 Å². The zero-order valence-electron chi connectivity index (χ0n) is 24.6. The summed E-state index contributed by atoms with van der Waals surface area (Å²) in [5, 5.41) is 6.34. The number of hydrogen-bond acceptors (Lipinski definition) is 3. The SMILES string of the molecule is CC(C)C(=O)Nc1cccc(C2CCN(CCC(NC(=O)c3ccc(-c4ccccc4)cc3)c3ccccc3)CC2)c1.